The van der Waals surface area contributed by atoms with Crippen molar-refractivity contribution in [1.29, 1.82) is 0 Å². The minimum Gasteiger partial charge on any atom is -0.497 e. The third-order valence-corrected chi connectivity index (χ3v) is 5.43. The molecule has 7 nitrogen and oxygen atoms in total. The Balaban J connectivity index is 1.64. The number of hydrogen-bond acceptors (Lipinski definition) is 6. The maximum atomic E-state index is 13.1. The molecular formula is C24H24N2O5. The van der Waals surface area contributed by atoms with E-state index in [1.807, 2.05) is 42.5 Å². The molecule has 1 fully saturated rings. The van der Waals surface area contributed by atoms with Crippen LogP contribution in [0.2, 0.25) is 0 Å². The van der Waals surface area contributed by atoms with Gasteiger partial charge in [0.25, 0.3) is 0 Å². The zero-order valence-electron chi connectivity index (χ0n) is 17.5. The number of aryl methyl sites for hydroxylation is 1. The topological polar surface area (TPSA) is 81.9 Å². The van der Waals surface area contributed by atoms with Crippen molar-refractivity contribution < 1.29 is 23.6 Å². The van der Waals surface area contributed by atoms with Crippen LogP contribution in [0.4, 0.5) is 5.69 Å². The van der Waals surface area contributed by atoms with Gasteiger partial charge in [0.1, 0.15) is 23.8 Å². The van der Waals surface area contributed by atoms with Crippen LogP contribution in [0.1, 0.15) is 35.9 Å². The van der Waals surface area contributed by atoms with Crippen molar-refractivity contribution in [3.63, 3.8) is 0 Å². The highest BCUT2D eigenvalue weighted by molar-refractivity contribution is 5.97. The second-order valence-electron chi connectivity index (χ2n) is 7.50. The van der Waals surface area contributed by atoms with Crippen LogP contribution in [0.15, 0.2) is 65.2 Å². The Kier molecular flexibility index (Phi) is 6.02. The summed E-state index contributed by atoms with van der Waals surface area (Å²) in [6.45, 7) is 1.81. The van der Waals surface area contributed by atoms with Gasteiger partial charge in [-0.1, -0.05) is 35.5 Å². The number of carbonyl (C=O) groups is 2. The van der Waals surface area contributed by atoms with Gasteiger partial charge in [0.05, 0.1) is 19.1 Å². The fourth-order valence-corrected chi connectivity index (χ4v) is 3.96. The Hall–Kier alpha value is -3.61. The minimum atomic E-state index is -0.504. The number of piperidine rings is 1. The molecule has 1 aliphatic heterocycles. The smallest absolute Gasteiger partial charge is 0.311 e. The molecule has 2 heterocycles. The molecule has 1 amide bonds. The number of carbonyl (C=O) groups excluding carboxylic acids is 2. The predicted octanol–water partition coefficient (Wildman–Crippen LogP) is 4.22. The number of benzene rings is 2. The molecule has 0 bridgehead atoms. The lowest BCUT2D eigenvalue weighted by Crippen LogP contribution is -2.46. The number of nitrogens with zero attached hydrogens (tertiary/aromatic N) is 2. The van der Waals surface area contributed by atoms with Crippen molar-refractivity contribution in [2.24, 2.45) is 5.92 Å². The number of hydrogen-bond donors (Lipinski definition) is 0. The molecule has 31 heavy (non-hydrogen) atoms. The summed E-state index contributed by atoms with van der Waals surface area (Å²) in [6, 6.07) is 18.1. The van der Waals surface area contributed by atoms with Gasteiger partial charge in [-0.3, -0.25) is 9.59 Å². The SMILES string of the molecule is COc1ccc(N2C(=O)CCC(C(=O)OCc3cc(C)on3)C2c2ccccc2)cc1. The van der Waals surface area contributed by atoms with Gasteiger partial charge >= 0.3 is 5.97 Å². The van der Waals surface area contributed by atoms with Gasteiger partial charge in [0, 0.05) is 18.2 Å². The van der Waals surface area contributed by atoms with Crippen LogP contribution >= 0.6 is 0 Å². The zero-order valence-corrected chi connectivity index (χ0v) is 17.5. The summed E-state index contributed by atoms with van der Waals surface area (Å²) in [7, 11) is 1.59. The lowest BCUT2D eigenvalue weighted by Gasteiger charge is -2.40. The second kappa shape index (κ2) is 9.04. The van der Waals surface area contributed by atoms with Crippen LogP contribution in [0.25, 0.3) is 0 Å². The van der Waals surface area contributed by atoms with E-state index in [1.165, 1.54) is 0 Å². The van der Waals surface area contributed by atoms with Crippen LogP contribution in [-0.4, -0.2) is 24.1 Å². The van der Waals surface area contributed by atoms with Gasteiger partial charge in [-0.25, -0.2) is 0 Å². The largest absolute Gasteiger partial charge is 0.497 e. The van der Waals surface area contributed by atoms with Crippen molar-refractivity contribution in [2.75, 3.05) is 12.0 Å². The highest BCUT2D eigenvalue weighted by Gasteiger charge is 2.42. The molecule has 1 saturated heterocycles. The fraction of sp³-hybridized carbons (Fsp3) is 0.292. The standard InChI is InChI=1S/C24H24N2O5/c1-16-14-18(25-31-16)15-30-24(28)21-12-13-22(27)26(19-8-10-20(29-2)11-9-19)23(21)17-6-4-3-5-7-17/h3-11,14,21,23H,12-13,15H2,1-2H3. The average molecular weight is 420 g/mol. The Morgan fingerprint density at radius 2 is 1.90 bits per heavy atom. The van der Waals surface area contributed by atoms with Crippen molar-refractivity contribution >= 4 is 17.6 Å². The van der Waals surface area contributed by atoms with Crippen molar-refractivity contribution in [1.82, 2.24) is 5.16 Å². The maximum Gasteiger partial charge on any atom is 0.311 e. The first-order chi connectivity index (χ1) is 15.1. The molecular weight excluding hydrogens is 396 g/mol. The predicted molar refractivity (Wildman–Crippen MR) is 113 cm³/mol. The first-order valence-electron chi connectivity index (χ1n) is 10.2. The number of rotatable bonds is 6. The van der Waals surface area contributed by atoms with Gasteiger partial charge in [0.2, 0.25) is 5.91 Å². The number of methoxy groups -OCH3 is 1. The fourth-order valence-electron chi connectivity index (χ4n) is 3.96. The molecule has 2 aromatic carbocycles. The summed E-state index contributed by atoms with van der Waals surface area (Å²) in [5.41, 5.74) is 2.15. The number of esters is 1. The van der Waals surface area contributed by atoms with Crippen molar-refractivity contribution in [2.45, 2.75) is 32.4 Å². The normalized spacial score (nSPS) is 18.6. The summed E-state index contributed by atoms with van der Waals surface area (Å²) < 4.78 is 15.8. The van der Waals surface area contributed by atoms with E-state index in [4.69, 9.17) is 14.0 Å². The number of amides is 1. The number of ether oxygens (including phenoxy) is 2. The lowest BCUT2D eigenvalue weighted by molar-refractivity contribution is -0.152. The molecule has 7 heteroatoms. The van der Waals surface area contributed by atoms with Crippen molar-refractivity contribution in [3.8, 4) is 5.75 Å². The molecule has 1 aromatic heterocycles. The van der Waals surface area contributed by atoms with Crippen molar-refractivity contribution in [3.05, 3.63) is 77.7 Å². The first kappa shape index (κ1) is 20.7. The molecule has 4 rings (SSSR count). The number of aromatic nitrogens is 1. The molecule has 160 valence electrons. The zero-order chi connectivity index (χ0) is 21.8. The molecule has 1 aliphatic rings. The molecule has 2 atom stereocenters. The van der Waals surface area contributed by atoms with Crippen LogP contribution < -0.4 is 9.64 Å². The highest BCUT2D eigenvalue weighted by Crippen LogP contribution is 2.41. The molecule has 0 N–H and O–H groups in total. The van der Waals surface area contributed by atoms with E-state index in [0.29, 0.717) is 29.3 Å². The van der Waals surface area contributed by atoms with E-state index in [-0.39, 0.29) is 24.9 Å². The molecule has 0 radical (unpaired) electrons. The highest BCUT2D eigenvalue weighted by atomic mass is 16.5. The summed E-state index contributed by atoms with van der Waals surface area (Å²) in [5, 5.41) is 3.87. The van der Waals surface area contributed by atoms with E-state index in [9.17, 15) is 9.59 Å². The summed E-state index contributed by atoms with van der Waals surface area (Å²) in [6.07, 6.45) is 0.680. The van der Waals surface area contributed by atoms with E-state index in [0.717, 1.165) is 5.56 Å². The number of anilines is 1. The van der Waals surface area contributed by atoms with Gasteiger partial charge in [-0.05, 0) is 43.2 Å². The summed E-state index contributed by atoms with van der Waals surface area (Å²) >= 11 is 0. The third kappa shape index (κ3) is 4.45. The monoisotopic (exact) mass is 420 g/mol. The van der Waals surface area contributed by atoms with Crippen LogP contribution in [-0.2, 0) is 20.9 Å². The van der Waals surface area contributed by atoms with E-state index in [1.54, 1.807) is 37.1 Å². The summed E-state index contributed by atoms with van der Waals surface area (Å²) in [5.74, 6) is 0.455. The van der Waals surface area contributed by atoms with Crippen LogP contribution in [0, 0.1) is 12.8 Å². The second-order valence-corrected chi connectivity index (χ2v) is 7.50. The van der Waals surface area contributed by atoms with Gasteiger partial charge in [0.15, 0.2) is 0 Å². The lowest BCUT2D eigenvalue weighted by atomic mass is 9.84. The van der Waals surface area contributed by atoms with E-state index >= 15 is 0 Å². The van der Waals surface area contributed by atoms with E-state index < -0.39 is 12.0 Å². The first-order valence-corrected chi connectivity index (χ1v) is 10.2. The summed E-state index contributed by atoms with van der Waals surface area (Å²) in [4.78, 5) is 27.8. The Labute approximate surface area is 180 Å². The van der Waals surface area contributed by atoms with Crippen LogP contribution in [0.3, 0.4) is 0 Å². The minimum absolute atomic E-state index is 0.0322. The Morgan fingerprint density at radius 3 is 2.55 bits per heavy atom. The molecule has 3 aromatic rings. The molecule has 0 saturated carbocycles. The van der Waals surface area contributed by atoms with E-state index in [2.05, 4.69) is 5.16 Å². The molecule has 0 spiro atoms. The van der Waals surface area contributed by atoms with Gasteiger partial charge in [-0.15, -0.1) is 0 Å². The Morgan fingerprint density at radius 1 is 1.16 bits per heavy atom. The van der Waals surface area contributed by atoms with Crippen LogP contribution in [0.5, 0.6) is 5.75 Å². The Bertz CT molecular complexity index is 1050. The maximum absolute atomic E-state index is 13.1. The van der Waals surface area contributed by atoms with Gasteiger partial charge < -0.3 is 18.9 Å². The average Bonchev–Trinajstić information content (AvgIpc) is 3.23. The molecule has 2 unspecified atom stereocenters. The molecule has 0 aliphatic carbocycles. The third-order valence-electron chi connectivity index (χ3n) is 5.43. The van der Waals surface area contributed by atoms with Gasteiger partial charge in [-0.2, -0.15) is 0 Å². The quantitative estimate of drug-likeness (QED) is 0.556.